The van der Waals surface area contributed by atoms with Crippen LogP contribution in [0.3, 0.4) is 0 Å². The zero-order chi connectivity index (χ0) is 15.5. The summed E-state index contributed by atoms with van der Waals surface area (Å²) in [6, 6.07) is 0. The van der Waals surface area contributed by atoms with Gasteiger partial charge in [-0.25, -0.2) is 13.1 Å². The first-order valence-corrected chi connectivity index (χ1v) is 7.81. The van der Waals surface area contributed by atoms with Crippen molar-refractivity contribution in [1.29, 1.82) is 0 Å². The molecule has 0 amide bonds. The zero-order valence-electron chi connectivity index (χ0n) is 11.7. The number of tetrazole rings is 1. The lowest BCUT2D eigenvalue weighted by molar-refractivity contribution is 0.276. The van der Waals surface area contributed by atoms with E-state index >= 15 is 0 Å². The van der Waals surface area contributed by atoms with Crippen LogP contribution in [-0.4, -0.2) is 50.5 Å². The van der Waals surface area contributed by atoms with Crippen LogP contribution in [0, 0.1) is 13.8 Å². The van der Waals surface area contributed by atoms with Crippen LogP contribution < -0.4 is 4.72 Å². The van der Waals surface area contributed by atoms with Crippen LogP contribution in [0.1, 0.15) is 23.6 Å². The topological polar surface area (TPSA) is 139 Å². The zero-order valence-corrected chi connectivity index (χ0v) is 12.6. The number of hydrogen-bond donors (Lipinski definition) is 3. The normalized spacial score (nSPS) is 12.0. The molecule has 10 nitrogen and oxygen atoms in total. The molecule has 3 N–H and O–H groups in total. The molecule has 116 valence electrons. The molecule has 0 bridgehead atoms. The number of aliphatic hydroxyl groups excluding tert-OH is 1. The van der Waals surface area contributed by atoms with E-state index in [1.165, 1.54) is 0 Å². The van der Waals surface area contributed by atoms with Crippen LogP contribution in [0.2, 0.25) is 0 Å². The van der Waals surface area contributed by atoms with Crippen molar-refractivity contribution in [2.45, 2.75) is 38.3 Å². The van der Waals surface area contributed by atoms with E-state index in [9.17, 15) is 8.42 Å². The average molecular weight is 315 g/mol. The van der Waals surface area contributed by atoms with Crippen LogP contribution in [0.25, 0.3) is 0 Å². The molecule has 0 radical (unpaired) electrons. The first-order valence-electron chi connectivity index (χ1n) is 6.32. The Hall–Kier alpha value is -1.85. The lowest BCUT2D eigenvalue weighted by Crippen LogP contribution is -2.25. The van der Waals surface area contributed by atoms with Gasteiger partial charge >= 0.3 is 0 Å². The molecule has 2 heterocycles. The smallest absolute Gasteiger partial charge is 0.244 e. The number of aromatic nitrogens is 6. The monoisotopic (exact) mass is 315 g/mol. The molecule has 0 saturated heterocycles. The number of aromatic amines is 1. The molecule has 0 saturated carbocycles. The van der Waals surface area contributed by atoms with E-state index < -0.39 is 10.0 Å². The van der Waals surface area contributed by atoms with Gasteiger partial charge in [0.2, 0.25) is 10.0 Å². The van der Waals surface area contributed by atoms with E-state index in [0.29, 0.717) is 24.4 Å². The molecule has 11 heteroatoms. The van der Waals surface area contributed by atoms with E-state index in [-0.39, 0.29) is 23.9 Å². The van der Waals surface area contributed by atoms with Gasteiger partial charge in [0, 0.05) is 13.2 Å². The molecule has 2 rings (SSSR count). The van der Waals surface area contributed by atoms with Gasteiger partial charge in [-0.1, -0.05) is 5.21 Å². The summed E-state index contributed by atoms with van der Waals surface area (Å²) in [7, 11) is -3.72. The van der Waals surface area contributed by atoms with Crippen molar-refractivity contribution in [2.24, 2.45) is 0 Å². The number of sulfonamides is 1. The molecule has 0 aromatic carbocycles. The van der Waals surface area contributed by atoms with Crippen molar-refractivity contribution < 1.29 is 13.5 Å². The lowest BCUT2D eigenvalue weighted by Gasteiger charge is -2.06. The molecule has 2 aromatic heterocycles. The molecule has 2 aromatic rings. The minimum atomic E-state index is -3.72. The lowest BCUT2D eigenvalue weighted by atomic mass is 10.4. The summed E-state index contributed by atoms with van der Waals surface area (Å²) >= 11 is 0. The minimum absolute atomic E-state index is 0.0243. The van der Waals surface area contributed by atoms with E-state index in [2.05, 4.69) is 30.4 Å². The van der Waals surface area contributed by atoms with Crippen molar-refractivity contribution in [3.8, 4) is 0 Å². The first-order chi connectivity index (χ1) is 9.95. The van der Waals surface area contributed by atoms with Crippen molar-refractivity contribution in [1.82, 2.24) is 35.1 Å². The van der Waals surface area contributed by atoms with Crippen LogP contribution >= 0.6 is 0 Å². The second kappa shape index (κ2) is 6.28. The SMILES string of the molecule is Cc1nn(CCCO)c(C)c1S(=O)(=O)NCc1nn[nH]n1. The third kappa shape index (κ3) is 3.43. The predicted octanol–water partition coefficient (Wildman–Crippen LogP) is -1.13. The van der Waals surface area contributed by atoms with Crippen molar-refractivity contribution in [3.05, 3.63) is 17.2 Å². The molecule has 0 fully saturated rings. The summed E-state index contributed by atoms with van der Waals surface area (Å²) in [6.45, 7) is 3.74. The second-order valence-electron chi connectivity index (χ2n) is 4.45. The maximum atomic E-state index is 12.4. The largest absolute Gasteiger partial charge is 0.396 e. The second-order valence-corrected chi connectivity index (χ2v) is 6.16. The Labute approximate surface area is 121 Å². The number of rotatable bonds is 7. The van der Waals surface area contributed by atoms with Gasteiger partial charge in [-0.15, -0.1) is 10.2 Å². The Morgan fingerprint density at radius 2 is 2.14 bits per heavy atom. The van der Waals surface area contributed by atoms with Crippen molar-refractivity contribution in [3.63, 3.8) is 0 Å². The number of nitrogens with zero attached hydrogens (tertiary/aromatic N) is 5. The number of hydrogen-bond acceptors (Lipinski definition) is 7. The molecule has 21 heavy (non-hydrogen) atoms. The van der Waals surface area contributed by atoms with Crippen LogP contribution in [0.4, 0.5) is 0 Å². The fourth-order valence-corrected chi connectivity index (χ4v) is 3.38. The third-order valence-electron chi connectivity index (χ3n) is 2.92. The average Bonchev–Trinajstić information content (AvgIpc) is 3.03. The van der Waals surface area contributed by atoms with Crippen molar-refractivity contribution >= 4 is 10.0 Å². The highest BCUT2D eigenvalue weighted by molar-refractivity contribution is 7.89. The summed E-state index contributed by atoms with van der Waals surface area (Å²) in [4.78, 5) is 0.143. The van der Waals surface area contributed by atoms with Gasteiger partial charge in [0.05, 0.1) is 17.9 Å². The number of nitrogens with one attached hydrogen (secondary N) is 2. The Morgan fingerprint density at radius 3 is 2.76 bits per heavy atom. The summed E-state index contributed by atoms with van der Waals surface area (Å²) in [5.41, 5.74) is 0.938. The van der Waals surface area contributed by atoms with Crippen molar-refractivity contribution in [2.75, 3.05) is 6.61 Å². The van der Waals surface area contributed by atoms with Gasteiger partial charge in [-0.3, -0.25) is 4.68 Å². The van der Waals surface area contributed by atoms with Gasteiger partial charge in [0.1, 0.15) is 4.90 Å². The molecule has 0 aliphatic rings. The fraction of sp³-hybridized carbons (Fsp3) is 0.600. The summed E-state index contributed by atoms with van der Waals surface area (Å²) in [5.74, 6) is 0.251. The van der Waals surface area contributed by atoms with E-state index in [1.54, 1.807) is 18.5 Å². The molecular formula is C10H17N7O3S. The number of aliphatic hydroxyl groups is 1. The van der Waals surface area contributed by atoms with E-state index in [4.69, 9.17) is 5.11 Å². The Bertz CT molecular complexity index is 693. The minimum Gasteiger partial charge on any atom is -0.396 e. The maximum Gasteiger partial charge on any atom is 0.244 e. The van der Waals surface area contributed by atoms with Gasteiger partial charge in [-0.05, 0) is 20.3 Å². The first kappa shape index (κ1) is 15.5. The highest BCUT2D eigenvalue weighted by Gasteiger charge is 2.24. The Kier molecular flexibility index (Phi) is 4.65. The predicted molar refractivity (Wildman–Crippen MR) is 71.6 cm³/mol. The number of aryl methyl sites for hydroxylation is 2. The van der Waals surface area contributed by atoms with Gasteiger partial charge in [-0.2, -0.15) is 10.3 Å². The van der Waals surface area contributed by atoms with E-state index in [0.717, 1.165) is 0 Å². The van der Waals surface area contributed by atoms with E-state index in [1.807, 2.05) is 0 Å². The molecule has 0 aliphatic carbocycles. The quantitative estimate of drug-likeness (QED) is 0.587. The Morgan fingerprint density at radius 1 is 1.38 bits per heavy atom. The van der Waals surface area contributed by atoms with Crippen LogP contribution in [0.15, 0.2) is 4.90 Å². The van der Waals surface area contributed by atoms with Gasteiger partial charge in [0.15, 0.2) is 5.82 Å². The molecule has 0 spiro atoms. The maximum absolute atomic E-state index is 12.4. The van der Waals surface area contributed by atoms with Gasteiger partial charge in [0.25, 0.3) is 0 Å². The highest BCUT2D eigenvalue weighted by Crippen LogP contribution is 2.19. The van der Waals surface area contributed by atoms with Gasteiger partial charge < -0.3 is 5.11 Å². The molecular weight excluding hydrogens is 298 g/mol. The number of H-pyrrole nitrogens is 1. The van der Waals surface area contributed by atoms with Crippen LogP contribution in [-0.2, 0) is 23.1 Å². The Balaban J connectivity index is 2.21. The summed E-state index contributed by atoms with van der Waals surface area (Å²) in [6.07, 6.45) is 0.512. The molecule has 0 atom stereocenters. The standard InChI is InChI=1S/C10H17N7O3S/c1-7-10(8(2)17(14-7)4-3-5-18)21(19,20)11-6-9-12-15-16-13-9/h11,18H,3-6H2,1-2H3,(H,12,13,15,16). The summed E-state index contributed by atoms with van der Waals surface area (Å²) in [5, 5.41) is 26.0. The molecule has 0 aliphatic heterocycles. The third-order valence-corrected chi connectivity index (χ3v) is 4.57. The fourth-order valence-electron chi connectivity index (χ4n) is 2.00. The molecule has 0 unspecified atom stereocenters. The highest BCUT2D eigenvalue weighted by atomic mass is 32.2. The summed E-state index contributed by atoms with van der Waals surface area (Å²) < 4.78 is 28.7. The van der Waals surface area contributed by atoms with Crippen LogP contribution in [0.5, 0.6) is 0 Å².